The van der Waals surface area contributed by atoms with E-state index in [1.54, 1.807) is 20.8 Å². The Morgan fingerprint density at radius 1 is 1.30 bits per heavy atom. The summed E-state index contributed by atoms with van der Waals surface area (Å²) in [6.07, 6.45) is -0.591. The Kier molecular flexibility index (Phi) is 7.24. The van der Waals surface area contributed by atoms with E-state index in [2.05, 4.69) is 20.2 Å². The van der Waals surface area contributed by atoms with Gasteiger partial charge in [0, 0.05) is 0 Å². The van der Waals surface area contributed by atoms with Crippen molar-refractivity contribution in [3.63, 3.8) is 0 Å². The minimum absolute atomic E-state index is 0.246. The maximum absolute atomic E-state index is 12.8. The Balaban J connectivity index is 1.96. The highest BCUT2D eigenvalue weighted by molar-refractivity contribution is 7.11. The minimum Gasteiger partial charge on any atom is -0.484 e. The van der Waals surface area contributed by atoms with Crippen LogP contribution >= 0.6 is 11.5 Å². The number of hydrazone groups is 1. The number of carbonyl (C=O) groups excluding carboxylic acids is 2. The Labute approximate surface area is 159 Å². The largest absolute Gasteiger partial charge is 0.484 e. The fourth-order valence-electron chi connectivity index (χ4n) is 2.06. The van der Waals surface area contributed by atoms with Crippen LogP contribution in [0.25, 0.3) is 0 Å². The zero-order valence-electron chi connectivity index (χ0n) is 15.0. The monoisotopic (exact) mass is 394 g/mol. The Bertz CT molecular complexity index is 836. The lowest BCUT2D eigenvalue weighted by atomic mass is 10.2. The molecule has 0 bridgehead atoms. The summed E-state index contributed by atoms with van der Waals surface area (Å²) in [5.41, 5.74) is 4.09. The molecule has 27 heavy (non-hydrogen) atoms. The van der Waals surface area contributed by atoms with Crippen LogP contribution in [-0.4, -0.2) is 35.3 Å². The van der Waals surface area contributed by atoms with Crippen molar-refractivity contribution in [3.8, 4) is 5.75 Å². The molecule has 144 valence electrons. The standard InChI is InChI=1S/C17H19FN4O4S/c1-4-25-17(24)19-16-15(11(3)22-27-16)10(2)20-21-14(23)9-26-13-7-5-12(18)6-8-13/h5-8H,4,9H2,1-3H3,(H,19,24)(H,21,23)/b20-10+. The maximum Gasteiger partial charge on any atom is 0.412 e. The van der Waals surface area contributed by atoms with E-state index < -0.39 is 12.0 Å². The summed E-state index contributed by atoms with van der Waals surface area (Å²) in [7, 11) is 0. The number of nitrogens with zero attached hydrogens (tertiary/aromatic N) is 2. The Morgan fingerprint density at radius 3 is 2.67 bits per heavy atom. The number of anilines is 1. The van der Waals surface area contributed by atoms with Crippen molar-refractivity contribution in [2.75, 3.05) is 18.5 Å². The second-order valence-corrected chi connectivity index (χ2v) is 6.07. The molecule has 0 spiro atoms. The van der Waals surface area contributed by atoms with Gasteiger partial charge in [-0.25, -0.2) is 14.6 Å². The number of benzene rings is 1. The smallest absolute Gasteiger partial charge is 0.412 e. The molecule has 2 rings (SSSR count). The molecule has 2 aromatic rings. The summed E-state index contributed by atoms with van der Waals surface area (Å²) in [6, 6.07) is 5.32. The van der Waals surface area contributed by atoms with Crippen LogP contribution in [0.3, 0.4) is 0 Å². The third-order valence-electron chi connectivity index (χ3n) is 3.25. The molecular weight excluding hydrogens is 375 g/mol. The molecule has 1 aromatic carbocycles. The van der Waals surface area contributed by atoms with Gasteiger partial charge < -0.3 is 9.47 Å². The van der Waals surface area contributed by atoms with E-state index in [1.807, 2.05) is 0 Å². The molecule has 1 heterocycles. The van der Waals surface area contributed by atoms with Crippen molar-refractivity contribution in [3.05, 3.63) is 41.3 Å². The average molecular weight is 394 g/mol. The third kappa shape index (κ3) is 6.03. The van der Waals surface area contributed by atoms with Gasteiger partial charge in [0.05, 0.1) is 23.6 Å². The van der Waals surface area contributed by atoms with E-state index in [1.165, 1.54) is 24.3 Å². The van der Waals surface area contributed by atoms with Crippen molar-refractivity contribution in [2.45, 2.75) is 20.8 Å². The van der Waals surface area contributed by atoms with Crippen molar-refractivity contribution in [1.29, 1.82) is 0 Å². The number of rotatable bonds is 7. The van der Waals surface area contributed by atoms with E-state index in [9.17, 15) is 14.0 Å². The molecular formula is C17H19FN4O4S. The van der Waals surface area contributed by atoms with Crippen LogP contribution in [-0.2, 0) is 9.53 Å². The van der Waals surface area contributed by atoms with Gasteiger partial charge in [-0.1, -0.05) is 0 Å². The number of aryl methyl sites for hydroxylation is 1. The number of ether oxygens (including phenoxy) is 2. The lowest BCUT2D eigenvalue weighted by Gasteiger charge is -2.07. The highest BCUT2D eigenvalue weighted by Gasteiger charge is 2.16. The fraction of sp³-hybridized carbons (Fsp3) is 0.294. The number of carbonyl (C=O) groups is 2. The van der Waals surface area contributed by atoms with Gasteiger partial charge in [-0.05, 0) is 56.6 Å². The van der Waals surface area contributed by atoms with Crippen LogP contribution in [0.5, 0.6) is 5.75 Å². The van der Waals surface area contributed by atoms with Crippen molar-refractivity contribution < 1.29 is 23.5 Å². The molecule has 0 aliphatic rings. The summed E-state index contributed by atoms with van der Waals surface area (Å²) in [5, 5.41) is 7.09. The first kappa shape index (κ1) is 20.3. The quantitative estimate of drug-likeness (QED) is 0.555. The van der Waals surface area contributed by atoms with E-state index >= 15 is 0 Å². The highest BCUT2D eigenvalue weighted by Crippen LogP contribution is 2.25. The maximum atomic E-state index is 12.8. The molecule has 0 unspecified atom stereocenters. The number of hydrogen-bond donors (Lipinski definition) is 2. The third-order valence-corrected chi connectivity index (χ3v) is 4.10. The van der Waals surface area contributed by atoms with Gasteiger partial charge in [0.2, 0.25) is 0 Å². The second-order valence-electron chi connectivity index (χ2n) is 5.29. The summed E-state index contributed by atoms with van der Waals surface area (Å²) >= 11 is 1.09. The lowest BCUT2D eigenvalue weighted by molar-refractivity contribution is -0.123. The van der Waals surface area contributed by atoms with Gasteiger partial charge in [-0.15, -0.1) is 0 Å². The molecule has 2 N–H and O–H groups in total. The SMILES string of the molecule is CCOC(=O)Nc1snc(C)c1/C(C)=N/NC(=O)COc1ccc(F)cc1. The Hall–Kier alpha value is -3.01. The molecule has 8 nitrogen and oxygen atoms in total. The van der Waals surface area contributed by atoms with Crippen molar-refractivity contribution in [1.82, 2.24) is 9.80 Å². The predicted octanol–water partition coefficient (Wildman–Crippen LogP) is 3.08. The molecule has 1 aromatic heterocycles. The molecule has 0 saturated heterocycles. The van der Waals surface area contributed by atoms with Gasteiger partial charge in [0.15, 0.2) is 6.61 Å². The molecule has 0 aliphatic heterocycles. The average Bonchev–Trinajstić information content (AvgIpc) is 2.99. The fourth-order valence-corrected chi connectivity index (χ4v) is 2.89. The zero-order chi connectivity index (χ0) is 19.8. The van der Waals surface area contributed by atoms with Crippen LogP contribution in [0.1, 0.15) is 25.1 Å². The topological polar surface area (TPSA) is 102 Å². The van der Waals surface area contributed by atoms with Gasteiger partial charge in [0.25, 0.3) is 5.91 Å². The van der Waals surface area contributed by atoms with Crippen LogP contribution in [0.4, 0.5) is 14.2 Å². The molecule has 0 aliphatic carbocycles. The van der Waals surface area contributed by atoms with E-state index in [0.717, 1.165) is 11.5 Å². The molecule has 2 amide bonds. The summed E-state index contributed by atoms with van der Waals surface area (Å²) < 4.78 is 27.1. The number of hydrogen-bond acceptors (Lipinski definition) is 7. The highest BCUT2D eigenvalue weighted by atomic mass is 32.1. The number of aromatic nitrogens is 1. The van der Waals surface area contributed by atoms with E-state index in [0.29, 0.717) is 27.7 Å². The van der Waals surface area contributed by atoms with Crippen molar-refractivity contribution in [2.24, 2.45) is 5.10 Å². The first-order valence-electron chi connectivity index (χ1n) is 8.02. The van der Waals surface area contributed by atoms with Gasteiger partial charge in [0.1, 0.15) is 16.6 Å². The van der Waals surface area contributed by atoms with Crippen LogP contribution in [0, 0.1) is 12.7 Å². The van der Waals surface area contributed by atoms with Crippen molar-refractivity contribution >= 4 is 34.2 Å². The number of amides is 2. The second kappa shape index (κ2) is 9.62. The van der Waals surface area contributed by atoms with Crippen LogP contribution < -0.4 is 15.5 Å². The first-order chi connectivity index (χ1) is 12.9. The summed E-state index contributed by atoms with van der Waals surface area (Å²) in [4.78, 5) is 23.5. The van der Waals surface area contributed by atoms with Gasteiger partial charge in [-0.2, -0.15) is 9.47 Å². The molecule has 10 heteroatoms. The summed E-state index contributed by atoms with van der Waals surface area (Å²) in [6.45, 7) is 5.11. The number of nitrogens with one attached hydrogen (secondary N) is 2. The first-order valence-corrected chi connectivity index (χ1v) is 8.80. The van der Waals surface area contributed by atoms with E-state index in [4.69, 9.17) is 9.47 Å². The molecule has 0 radical (unpaired) electrons. The lowest BCUT2D eigenvalue weighted by Crippen LogP contribution is -2.25. The molecule has 0 saturated carbocycles. The van der Waals surface area contributed by atoms with Gasteiger partial charge >= 0.3 is 6.09 Å². The summed E-state index contributed by atoms with van der Waals surface area (Å²) in [5.74, 6) is -0.510. The normalized spacial score (nSPS) is 11.0. The minimum atomic E-state index is -0.591. The van der Waals surface area contributed by atoms with Crippen LogP contribution in [0.2, 0.25) is 0 Å². The Morgan fingerprint density at radius 2 is 2.00 bits per heavy atom. The number of halogens is 1. The predicted molar refractivity (Wildman–Crippen MR) is 99.7 cm³/mol. The van der Waals surface area contributed by atoms with E-state index in [-0.39, 0.29) is 19.0 Å². The van der Waals surface area contributed by atoms with Gasteiger partial charge in [-0.3, -0.25) is 10.1 Å². The molecule has 0 fully saturated rings. The zero-order valence-corrected chi connectivity index (χ0v) is 15.9. The molecule has 0 atom stereocenters. The van der Waals surface area contributed by atoms with Crippen LogP contribution in [0.15, 0.2) is 29.4 Å².